The number of anilines is 1. The van der Waals surface area contributed by atoms with Crippen LogP contribution in [0.25, 0.3) is 0 Å². The van der Waals surface area contributed by atoms with Crippen LogP contribution in [0.3, 0.4) is 0 Å². The number of nitrogens with zero attached hydrogens (tertiary/aromatic N) is 2. The molecule has 1 heterocycles. The van der Waals surface area contributed by atoms with Crippen LogP contribution < -0.4 is 5.73 Å². The Morgan fingerprint density at radius 3 is 2.29 bits per heavy atom. The normalized spacial score (nSPS) is 15.0. The predicted molar refractivity (Wildman–Crippen MR) is 69.9 cm³/mol. The van der Waals surface area contributed by atoms with E-state index in [0.29, 0.717) is 17.6 Å². The summed E-state index contributed by atoms with van der Waals surface area (Å²) in [4.78, 5) is 8.96. The van der Waals surface area contributed by atoms with E-state index in [1.54, 1.807) is 7.11 Å². The maximum absolute atomic E-state index is 6.02. The van der Waals surface area contributed by atoms with Crippen LogP contribution in [-0.4, -0.2) is 17.1 Å². The lowest BCUT2D eigenvalue weighted by Crippen LogP contribution is -2.27. The lowest BCUT2D eigenvalue weighted by molar-refractivity contribution is -0.00902. The third kappa shape index (κ3) is 2.57. The molecule has 0 aliphatic rings. The SMILES string of the molecule is CCC(C)(OC)c1nc(C)c(C(C)C)c(N)n1. The van der Waals surface area contributed by atoms with Gasteiger partial charge in [0.1, 0.15) is 11.4 Å². The quantitative estimate of drug-likeness (QED) is 0.874. The molecule has 17 heavy (non-hydrogen) atoms. The summed E-state index contributed by atoms with van der Waals surface area (Å²) in [6.45, 7) is 10.2. The number of aryl methyl sites for hydroxylation is 1. The second-order valence-electron chi connectivity index (χ2n) is 4.87. The van der Waals surface area contributed by atoms with Crippen LogP contribution in [0, 0.1) is 6.92 Å². The zero-order valence-corrected chi connectivity index (χ0v) is 11.7. The first kappa shape index (κ1) is 13.9. The molecule has 1 rings (SSSR count). The molecule has 0 aliphatic heterocycles. The average molecular weight is 237 g/mol. The van der Waals surface area contributed by atoms with E-state index in [-0.39, 0.29) is 0 Å². The van der Waals surface area contributed by atoms with Gasteiger partial charge in [0.25, 0.3) is 0 Å². The number of ether oxygens (including phenoxy) is 1. The highest BCUT2D eigenvalue weighted by Gasteiger charge is 2.29. The van der Waals surface area contributed by atoms with Crippen LogP contribution in [0.5, 0.6) is 0 Å². The Kier molecular flexibility index (Phi) is 4.09. The third-order valence-corrected chi connectivity index (χ3v) is 3.34. The van der Waals surface area contributed by atoms with E-state index >= 15 is 0 Å². The Morgan fingerprint density at radius 2 is 1.94 bits per heavy atom. The summed E-state index contributed by atoms with van der Waals surface area (Å²) in [5, 5.41) is 0. The van der Waals surface area contributed by atoms with Crippen molar-refractivity contribution in [1.29, 1.82) is 0 Å². The largest absolute Gasteiger partial charge is 0.383 e. The Bertz CT molecular complexity index is 375. The van der Waals surface area contributed by atoms with E-state index in [2.05, 4.69) is 30.7 Å². The summed E-state index contributed by atoms with van der Waals surface area (Å²) in [6, 6.07) is 0. The second-order valence-corrected chi connectivity index (χ2v) is 4.87. The number of rotatable bonds is 4. The molecule has 0 saturated heterocycles. The molecule has 1 atom stereocenters. The summed E-state index contributed by atoms with van der Waals surface area (Å²) < 4.78 is 5.50. The van der Waals surface area contributed by atoms with Gasteiger partial charge in [0.2, 0.25) is 0 Å². The van der Waals surface area contributed by atoms with E-state index in [4.69, 9.17) is 10.5 Å². The molecule has 1 aromatic rings. The molecule has 0 saturated carbocycles. The lowest BCUT2D eigenvalue weighted by atomic mass is 9.99. The minimum atomic E-state index is -0.464. The zero-order valence-electron chi connectivity index (χ0n) is 11.7. The summed E-state index contributed by atoms with van der Waals surface area (Å²) in [6.07, 6.45) is 0.809. The highest BCUT2D eigenvalue weighted by Crippen LogP contribution is 2.29. The molecule has 0 bridgehead atoms. The van der Waals surface area contributed by atoms with Gasteiger partial charge in [0, 0.05) is 18.4 Å². The van der Waals surface area contributed by atoms with Crippen molar-refractivity contribution in [2.45, 2.75) is 52.6 Å². The molecule has 0 aromatic carbocycles. The minimum absolute atomic E-state index is 0.333. The van der Waals surface area contributed by atoms with Crippen LogP contribution in [0.1, 0.15) is 57.1 Å². The summed E-state index contributed by atoms with van der Waals surface area (Å²) in [5.74, 6) is 1.57. The molecule has 4 heteroatoms. The first-order valence-corrected chi connectivity index (χ1v) is 6.05. The van der Waals surface area contributed by atoms with Gasteiger partial charge in [-0.05, 0) is 26.2 Å². The van der Waals surface area contributed by atoms with E-state index in [1.165, 1.54) is 0 Å². The predicted octanol–water partition coefficient (Wildman–Crippen LogP) is 2.76. The monoisotopic (exact) mass is 237 g/mol. The second kappa shape index (κ2) is 5.00. The number of aromatic nitrogens is 2. The topological polar surface area (TPSA) is 61.0 Å². The van der Waals surface area contributed by atoms with E-state index in [0.717, 1.165) is 17.7 Å². The van der Waals surface area contributed by atoms with E-state index < -0.39 is 5.60 Å². The van der Waals surface area contributed by atoms with E-state index in [9.17, 15) is 0 Å². The van der Waals surface area contributed by atoms with Crippen molar-refractivity contribution < 1.29 is 4.74 Å². The van der Waals surface area contributed by atoms with Gasteiger partial charge in [-0.25, -0.2) is 9.97 Å². The minimum Gasteiger partial charge on any atom is -0.383 e. The van der Waals surface area contributed by atoms with Gasteiger partial charge in [-0.2, -0.15) is 0 Å². The maximum Gasteiger partial charge on any atom is 0.162 e. The Labute approximate surface area is 104 Å². The van der Waals surface area contributed by atoms with Crippen molar-refractivity contribution in [2.24, 2.45) is 0 Å². The Hall–Kier alpha value is -1.16. The van der Waals surface area contributed by atoms with Crippen molar-refractivity contribution in [1.82, 2.24) is 9.97 Å². The van der Waals surface area contributed by atoms with E-state index in [1.807, 2.05) is 13.8 Å². The first-order chi connectivity index (χ1) is 7.85. The van der Waals surface area contributed by atoms with Crippen LogP contribution in [-0.2, 0) is 10.3 Å². The van der Waals surface area contributed by atoms with Crippen molar-refractivity contribution >= 4 is 5.82 Å². The maximum atomic E-state index is 6.02. The van der Waals surface area contributed by atoms with Gasteiger partial charge in [-0.3, -0.25) is 0 Å². The molecule has 0 aliphatic carbocycles. The van der Waals surface area contributed by atoms with Crippen LogP contribution in [0.2, 0.25) is 0 Å². The lowest BCUT2D eigenvalue weighted by Gasteiger charge is -2.26. The van der Waals surface area contributed by atoms with Gasteiger partial charge in [0.15, 0.2) is 5.82 Å². The molecule has 2 N–H and O–H groups in total. The average Bonchev–Trinajstić information content (AvgIpc) is 2.26. The Balaban J connectivity index is 3.32. The number of hydrogen-bond acceptors (Lipinski definition) is 4. The standard InChI is InChI=1S/C13H23N3O/c1-7-13(5,17-6)12-15-9(4)10(8(2)3)11(14)16-12/h8H,7H2,1-6H3,(H2,14,15,16). The summed E-state index contributed by atoms with van der Waals surface area (Å²) >= 11 is 0. The van der Waals surface area contributed by atoms with Gasteiger partial charge in [-0.1, -0.05) is 20.8 Å². The molecular weight excluding hydrogens is 214 g/mol. The zero-order chi connectivity index (χ0) is 13.2. The number of nitrogens with two attached hydrogens (primary N) is 1. The molecule has 4 nitrogen and oxygen atoms in total. The Morgan fingerprint density at radius 1 is 1.35 bits per heavy atom. The number of methoxy groups -OCH3 is 1. The number of hydrogen-bond donors (Lipinski definition) is 1. The highest BCUT2D eigenvalue weighted by molar-refractivity contribution is 5.44. The van der Waals surface area contributed by atoms with Crippen LogP contribution >= 0.6 is 0 Å². The fourth-order valence-corrected chi connectivity index (χ4v) is 1.95. The van der Waals surface area contributed by atoms with Gasteiger partial charge in [0.05, 0.1) is 0 Å². The van der Waals surface area contributed by atoms with Crippen molar-refractivity contribution in [3.8, 4) is 0 Å². The molecule has 0 radical (unpaired) electrons. The van der Waals surface area contributed by atoms with Crippen LogP contribution in [0.15, 0.2) is 0 Å². The van der Waals surface area contributed by atoms with Crippen molar-refractivity contribution in [2.75, 3.05) is 12.8 Å². The van der Waals surface area contributed by atoms with Crippen LogP contribution in [0.4, 0.5) is 5.82 Å². The molecule has 1 aromatic heterocycles. The fraction of sp³-hybridized carbons (Fsp3) is 0.692. The fourth-order valence-electron chi connectivity index (χ4n) is 1.95. The molecule has 0 fully saturated rings. The number of nitrogen functional groups attached to an aromatic ring is 1. The smallest absolute Gasteiger partial charge is 0.162 e. The molecule has 1 unspecified atom stereocenters. The first-order valence-electron chi connectivity index (χ1n) is 6.05. The van der Waals surface area contributed by atoms with Crippen molar-refractivity contribution in [3.63, 3.8) is 0 Å². The summed E-state index contributed by atoms with van der Waals surface area (Å²) in [5.41, 5.74) is 7.53. The molecule has 0 spiro atoms. The molecular formula is C13H23N3O. The van der Waals surface area contributed by atoms with Gasteiger partial charge < -0.3 is 10.5 Å². The third-order valence-electron chi connectivity index (χ3n) is 3.34. The molecule has 96 valence electrons. The molecule has 0 amide bonds. The van der Waals surface area contributed by atoms with Gasteiger partial charge in [-0.15, -0.1) is 0 Å². The summed E-state index contributed by atoms with van der Waals surface area (Å²) in [7, 11) is 1.68. The van der Waals surface area contributed by atoms with Gasteiger partial charge >= 0.3 is 0 Å². The highest BCUT2D eigenvalue weighted by atomic mass is 16.5. The van der Waals surface area contributed by atoms with Crippen molar-refractivity contribution in [3.05, 3.63) is 17.1 Å².